The van der Waals surface area contributed by atoms with Gasteiger partial charge >= 0.3 is 5.97 Å². The fourth-order valence-electron chi connectivity index (χ4n) is 4.07. The Morgan fingerprint density at radius 3 is 1.58 bits per heavy atom. The Bertz CT molecular complexity index is 563. The fraction of sp³-hybridized carbons (Fsp3) is 0.690. The van der Waals surface area contributed by atoms with Crippen molar-refractivity contribution in [2.45, 2.75) is 129 Å². The van der Waals surface area contributed by atoms with Crippen LogP contribution in [-0.2, 0) is 9.53 Å². The van der Waals surface area contributed by atoms with E-state index in [9.17, 15) is 4.79 Å². The highest BCUT2D eigenvalue weighted by molar-refractivity contribution is 5.87. The highest BCUT2D eigenvalue weighted by atomic mass is 16.5. The lowest BCUT2D eigenvalue weighted by molar-refractivity contribution is -0.145. The van der Waals surface area contributed by atoms with Gasteiger partial charge < -0.3 is 4.74 Å². The molecule has 0 N–H and O–H groups in total. The summed E-state index contributed by atoms with van der Waals surface area (Å²) in [6, 6.07) is 10.1. The predicted molar refractivity (Wildman–Crippen MR) is 134 cm³/mol. The Morgan fingerprint density at radius 2 is 1.16 bits per heavy atom. The summed E-state index contributed by atoms with van der Waals surface area (Å²) in [4.78, 5) is 12.0. The summed E-state index contributed by atoms with van der Waals surface area (Å²) in [6.07, 6.45) is 22.6. The molecule has 1 aromatic carbocycles. The van der Waals surface area contributed by atoms with E-state index < -0.39 is 0 Å². The van der Waals surface area contributed by atoms with Crippen molar-refractivity contribution < 1.29 is 9.53 Å². The normalized spacial score (nSPS) is 11.9. The molecule has 2 nitrogen and oxygen atoms in total. The first-order chi connectivity index (χ1) is 15.1. The van der Waals surface area contributed by atoms with E-state index >= 15 is 0 Å². The molecule has 0 aliphatic carbocycles. The van der Waals surface area contributed by atoms with Crippen LogP contribution in [0.25, 0.3) is 0 Å². The molecule has 0 spiro atoms. The number of benzene rings is 1. The Morgan fingerprint density at radius 1 is 0.742 bits per heavy atom. The van der Waals surface area contributed by atoms with Crippen molar-refractivity contribution in [1.29, 1.82) is 0 Å². The highest BCUT2D eigenvalue weighted by Crippen LogP contribution is 2.25. The average molecular weight is 429 g/mol. The topological polar surface area (TPSA) is 26.3 Å². The predicted octanol–water partition coefficient (Wildman–Crippen LogP) is 9.50. The zero-order valence-corrected chi connectivity index (χ0v) is 20.5. The molecule has 0 aromatic heterocycles. The second-order valence-electron chi connectivity index (χ2n) is 9.18. The van der Waals surface area contributed by atoms with Crippen LogP contribution in [0.5, 0.6) is 0 Å². The maximum absolute atomic E-state index is 12.0. The third kappa shape index (κ3) is 15.0. The van der Waals surface area contributed by atoms with Crippen molar-refractivity contribution in [1.82, 2.24) is 0 Å². The first-order valence-corrected chi connectivity index (χ1v) is 13.1. The van der Waals surface area contributed by atoms with E-state index in [0.717, 1.165) is 18.4 Å². The van der Waals surface area contributed by atoms with Gasteiger partial charge in [0.15, 0.2) is 0 Å². The van der Waals surface area contributed by atoms with Gasteiger partial charge in [-0.25, -0.2) is 4.79 Å². The van der Waals surface area contributed by atoms with Crippen LogP contribution in [0.2, 0.25) is 0 Å². The molecule has 176 valence electrons. The fourth-order valence-corrected chi connectivity index (χ4v) is 4.07. The molecule has 0 saturated carbocycles. The van der Waals surface area contributed by atoms with Gasteiger partial charge in [-0.1, -0.05) is 140 Å². The Kier molecular flexibility index (Phi) is 17.0. The second kappa shape index (κ2) is 19.1. The molecule has 0 saturated heterocycles. The molecule has 0 aliphatic heterocycles. The molecule has 0 heterocycles. The summed E-state index contributed by atoms with van der Waals surface area (Å²) >= 11 is 0. The van der Waals surface area contributed by atoms with Gasteiger partial charge in [0, 0.05) is 5.57 Å². The largest absolute Gasteiger partial charge is 0.454 e. The van der Waals surface area contributed by atoms with Crippen LogP contribution in [0.15, 0.2) is 42.5 Å². The summed E-state index contributed by atoms with van der Waals surface area (Å²) in [7, 11) is 0. The summed E-state index contributed by atoms with van der Waals surface area (Å²) in [6.45, 7) is 7.70. The summed E-state index contributed by atoms with van der Waals surface area (Å²) < 4.78 is 5.68. The van der Waals surface area contributed by atoms with E-state index in [-0.39, 0.29) is 12.1 Å². The van der Waals surface area contributed by atoms with Gasteiger partial charge in [-0.2, -0.15) is 0 Å². The Balaban J connectivity index is 2.01. The minimum atomic E-state index is -0.287. The number of rotatable bonds is 20. The van der Waals surface area contributed by atoms with Crippen molar-refractivity contribution >= 4 is 5.97 Å². The van der Waals surface area contributed by atoms with Crippen LogP contribution in [0.1, 0.15) is 135 Å². The van der Waals surface area contributed by atoms with Crippen LogP contribution >= 0.6 is 0 Å². The zero-order chi connectivity index (χ0) is 22.6. The molecule has 0 amide bonds. The molecule has 1 rings (SSSR count). The molecule has 1 aromatic rings. The quantitative estimate of drug-likeness (QED) is 0.117. The van der Waals surface area contributed by atoms with Gasteiger partial charge in [0.25, 0.3) is 0 Å². The van der Waals surface area contributed by atoms with Gasteiger partial charge in [0.1, 0.15) is 6.10 Å². The van der Waals surface area contributed by atoms with Crippen LogP contribution in [0.4, 0.5) is 0 Å². The van der Waals surface area contributed by atoms with Crippen LogP contribution in [0.3, 0.4) is 0 Å². The molecule has 31 heavy (non-hydrogen) atoms. The standard InChI is InChI=1S/C29H48O2/c1-4-5-6-7-8-9-10-11-12-13-14-15-16-17-18-22-25-28(31-29(30)26(2)3)27-23-20-19-21-24-27/h19-21,23-24,28H,2,4-18,22,25H2,1,3H3. The number of carbonyl (C=O) groups excluding carboxylic acids is 1. The minimum Gasteiger partial charge on any atom is -0.454 e. The lowest BCUT2D eigenvalue weighted by Gasteiger charge is -2.18. The number of hydrogen-bond acceptors (Lipinski definition) is 2. The van der Waals surface area contributed by atoms with Gasteiger partial charge in [-0.15, -0.1) is 0 Å². The Hall–Kier alpha value is -1.57. The van der Waals surface area contributed by atoms with E-state index in [2.05, 4.69) is 13.5 Å². The molecular formula is C29H48O2. The summed E-state index contributed by atoms with van der Waals surface area (Å²) in [5.41, 5.74) is 1.55. The maximum atomic E-state index is 12.0. The zero-order valence-electron chi connectivity index (χ0n) is 20.5. The number of hydrogen-bond donors (Lipinski definition) is 0. The first-order valence-electron chi connectivity index (χ1n) is 13.1. The SMILES string of the molecule is C=C(C)C(=O)OC(CCCCCCCCCCCCCCCCCC)c1ccccc1. The molecule has 1 unspecified atom stereocenters. The third-order valence-electron chi connectivity index (χ3n) is 6.09. The van der Waals surface area contributed by atoms with Gasteiger partial charge in [0.2, 0.25) is 0 Å². The van der Waals surface area contributed by atoms with Gasteiger partial charge in [0.05, 0.1) is 0 Å². The Labute approximate surface area is 192 Å². The number of carbonyl (C=O) groups is 1. The third-order valence-corrected chi connectivity index (χ3v) is 6.09. The van der Waals surface area contributed by atoms with Crippen molar-refractivity contribution in [3.05, 3.63) is 48.0 Å². The van der Waals surface area contributed by atoms with Crippen molar-refractivity contribution in [3.8, 4) is 0 Å². The lowest BCUT2D eigenvalue weighted by Crippen LogP contribution is -2.12. The van der Waals surface area contributed by atoms with E-state index in [4.69, 9.17) is 4.74 Å². The molecule has 0 aliphatic rings. The first kappa shape index (κ1) is 27.5. The number of ether oxygens (including phenoxy) is 1. The van der Waals surface area contributed by atoms with E-state index in [1.807, 2.05) is 30.3 Å². The maximum Gasteiger partial charge on any atom is 0.333 e. The summed E-state index contributed by atoms with van der Waals surface area (Å²) in [5, 5.41) is 0. The lowest BCUT2D eigenvalue weighted by atomic mass is 10.0. The molecule has 1 atom stereocenters. The molecule has 0 bridgehead atoms. The number of unbranched alkanes of at least 4 members (excludes halogenated alkanes) is 15. The smallest absolute Gasteiger partial charge is 0.333 e. The van der Waals surface area contributed by atoms with Crippen LogP contribution < -0.4 is 0 Å². The van der Waals surface area contributed by atoms with Crippen molar-refractivity contribution in [2.24, 2.45) is 0 Å². The van der Waals surface area contributed by atoms with E-state index in [1.54, 1.807) is 6.92 Å². The minimum absolute atomic E-state index is 0.156. The molecule has 0 fully saturated rings. The van der Waals surface area contributed by atoms with Crippen molar-refractivity contribution in [2.75, 3.05) is 0 Å². The van der Waals surface area contributed by atoms with Crippen molar-refractivity contribution in [3.63, 3.8) is 0 Å². The molecule has 0 radical (unpaired) electrons. The van der Waals surface area contributed by atoms with Crippen LogP contribution in [0, 0.1) is 0 Å². The van der Waals surface area contributed by atoms with E-state index in [0.29, 0.717) is 5.57 Å². The second-order valence-corrected chi connectivity index (χ2v) is 9.18. The highest BCUT2D eigenvalue weighted by Gasteiger charge is 2.16. The van der Waals surface area contributed by atoms with Gasteiger partial charge in [-0.3, -0.25) is 0 Å². The van der Waals surface area contributed by atoms with Crippen LogP contribution in [-0.4, -0.2) is 5.97 Å². The monoisotopic (exact) mass is 428 g/mol. The average Bonchev–Trinajstić information content (AvgIpc) is 2.78. The van der Waals surface area contributed by atoms with Gasteiger partial charge in [-0.05, 0) is 25.3 Å². The number of esters is 1. The molecular weight excluding hydrogens is 380 g/mol. The van der Waals surface area contributed by atoms with E-state index in [1.165, 1.54) is 96.3 Å². The summed E-state index contributed by atoms with van der Waals surface area (Å²) in [5.74, 6) is -0.287. The molecule has 2 heteroatoms.